The summed E-state index contributed by atoms with van der Waals surface area (Å²) in [6, 6.07) is 13.9. The lowest BCUT2D eigenvalue weighted by molar-refractivity contribution is 0.0691. The summed E-state index contributed by atoms with van der Waals surface area (Å²) >= 11 is 1.55. The number of hydrogen-bond donors (Lipinski definition) is 4. The first-order chi connectivity index (χ1) is 22.8. The van der Waals surface area contributed by atoms with Crippen LogP contribution < -0.4 is 25.8 Å². The van der Waals surface area contributed by atoms with E-state index in [-0.39, 0.29) is 22.5 Å². The van der Waals surface area contributed by atoms with E-state index >= 15 is 0 Å². The monoisotopic (exact) mass is 656 g/mol. The number of carbonyl (C=O) groups is 3. The maximum atomic E-state index is 14.3. The number of pyridine rings is 1. The van der Waals surface area contributed by atoms with E-state index in [4.69, 9.17) is 15.2 Å². The van der Waals surface area contributed by atoms with Gasteiger partial charge in [0, 0.05) is 46.6 Å². The molecule has 0 saturated heterocycles. The summed E-state index contributed by atoms with van der Waals surface area (Å²) in [6.45, 7) is 7.79. The highest BCUT2D eigenvalue weighted by Crippen LogP contribution is 2.43. The number of carboxylic acids is 1. The summed E-state index contributed by atoms with van der Waals surface area (Å²) in [5.41, 5.74) is 9.42. The number of nitrogens with zero attached hydrogens (tertiary/aromatic N) is 1. The first kappa shape index (κ1) is 33.6. The molecule has 0 bridgehead atoms. The highest BCUT2D eigenvalue weighted by Gasteiger charge is 2.27. The van der Waals surface area contributed by atoms with Gasteiger partial charge in [-0.2, -0.15) is 0 Å². The number of ether oxygens (including phenoxy) is 2. The third kappa shape index (κ3) is 7.47. The lowest BCUT2D eigenvalue weighted by Gasteiger charge is -2.19. The molecule has 11 heteroatoms. The van der Waals surface area contributed by atoms with Crippen molar-refractivity contribution >= 4 is 34.8 Å². The van der Waals surface area contributed by atoms with E-state index in [1.54, 1.807) is 29.5 Å². The maximum Gasteiger partial charge on any atom is 0.355 e. The van der Waals surface area contributed by atoms with Gasteiger partial charge in [0.15, 0.2) is 5.69 Å². The van der Waals surface area contributed by atoms with Gasteiger partial charge in [0.1, 0.15) is 17.2 Å². The van der Waals surface area contributed by atoms with E-state index in [1.807, 2.05) is 30.5 Å². The van der Waals surface area contributed by atoms with E-state index in [1.165, 1.54) is 12.1 Å². The number of aromatic carboxylic acids is 1. The van der Waals surface area contributed by atoms with Gasteiger partial charge in [-0.15, -0.1) is 11.3 Å². The minimum Gasteiger partial charge on any atom is -0.493 e. The number of carbonyl (C=O) groups excluding carboxylic acids is 2. The van der Waals surface area contributed by atoms with Gasteiger partial charge in [0.25, 0.3) is 11.8 Å². The molecule has 0 radical (unpaired) electrons. The molecule has 2 amide bonds. The average Bonchev–Trinajstić information content (AvgIpc) is 3.48. The molecule has 0 atom stereocenters. The second-order valence-electron chi connectivity index (χ2n) is 11.4. The Morgan fingerprint density at radius 1 is 1.02 bits per heavy atom. The molecule has 1 aliphatic rings. The van der Waals surface area contributed by atoms with Gasteiger partial charge in [-0.1, -0.05) is 39.7 Å². The fourth-order valence-corrected chi connectivity index (χ4v) is 6.44. The molecule has 47 heavy (non-hydrogen) atoms. The number of fused-ring (bicyclic) bond motifs is 3. The van der Waals surface area contributed by atoms with E-state index in [9.17, 15) is 19.5 Å². The van der Waals surface area contributed by atoms with E-state index in [0.717, 1.165) is 34.4 Å². The summed E-state index contributed by atoms with van der Waals surface area (Å²) in [5, 5.41) is 18.0. The molecule has 0 unspecified atom stereocenters. The van der Waals surface area contributed by atoms with Crippen LogP contribution in [0.3, 0.4) is 0 Å². The van der Waals surface area contributed by atoms with Crippen LogP contribution in [0.15, 0.2) is 53.9 Å². The van der Waals surface area contributed by atoms with Crippen molar-refractivity contribution in [2.24, 2.45) is 11.7 Å². The Bertz CT molecular complexity index is 1780. The predicted octanol–water partition coefficient (Wildman–Crippen LogP) is 6.78. The molecule has 0 spiro atoms. The Kier molecular flexibility index (Phi) is 10.9. The van der Waals surface area contributed by atoms with Crippen molar-refractivity contribution in [1.82, 2.24) is 10.3 Å². The Hall–Kier alpha value is -4.74. The summed E-state index contributed by atoms with van der Waals surface area (Å²) in [4.78, 5) is 44.7. The van der Waals surface area contributed by atoms with Gasteiger partial charge in [0.2, 0.25) is 0 Å². The molecule has 2 aromatic carbocycles. The third-order valence-corrected chi connectivity index (χ3v) is 9.29. The zero-order valence-corrected chi connectivity index (χ0v) is 27.7. The Morgan fingerprint density at radius 2 is 1.83 bits per heavy atom. The van der Waals surface area contributed by atoms with Gasteiger partial charge in [-0.25, -0.2) is 9.78 Å². The van der Waals surface area contributed by atoms with Crippen molar-refractivity contribution in [1.29, 1.82) is 0 Å². The summed E-state index contributed by atoms with van der Waals surface area (Å²) in [6.07, 6.45) is 3.32. The van der Waals surface area contributed by atoms with Crippen LogP contribution in [0.4, 0.5) is 5.69 Å². The molecular weight excluding hydrogens is 616 g/mol. The van der Waals surface area contributed by atoms with Crippen molar-refractivity contribution in [3.63, 3.8) is 0 Å². The van der Waals surface area contributed by atoms with Crippen molar-refractivity contribution in [2.75, 3.05) is 25.1 Å². The quantitative estimate of drug-likeness (QED) is 0.123. The van der Waals surface area contributed by atoms with Gasteiger partial charge in [-0.05, 0) is 71.3 Å². The molecule has 4 aromatic rings. The number of rotatable bonds is 13. The van der Waals surface area contributed by atoms with Crippen LogP contribution in [0.1, 0.15) is 82.5 Å². The van der Waals surface area contributed by atoms with E-state index < -0.39 is 17.8 Å². The van der Waals surface area contributed by atoms with E-state index in [2.05, 4.69) is 29.5 Å². The standard InChI is InChI=1S/C36H40N4O6S/c1-4-13-38-35(42)29-10-8-24(32(39-29)36(43)44)25-18-30-27(33-23(11-14-45-30)12-15-47-33)17-26(25)34(41)40-28-9-7-22(19-37)16-31(28)46-20-21(5-2)6-3/h7-10,12,15-18,21H,4-6,11,13-14,19-20,37H2,1-3H3,(H,38,42)(H,40,41)(H,43,44). The number of carboxylic acid groups (broad SMARTS) is 1. The second kappa shape index (κ2) is 15.2. The number of nitrogens with one attached hydrogen (secondary N) is 2. The van der Waals surface area contributed by atoms with Crippen LogP contribution in [0.5, 0.6) is 11.5 Å². The fourth-order valence-electron chi connectivity index (χ4n) is 5.46. The number of amides is 2. The SMILES string of the molecule is CCCNC(=O)c1ccc(-c2cc3c(cc2C(=O)Nc2ccc(CN)cc2OCC(CC)CC)-c2sccc2CCO3)c(C(=O)O)n1. The Labute approximate surface area is 278 Å². The third-order valence-electron chi connectivity index (χ3n) is 8.30. The molecule has 1 aliphatic heterocycles. The van der Waals surface area contributed by atoms with Gasteiger partial charge in [0.05, 0.1) is 18.9 Å². The first-order valence-electron chi connectivity index (χ1n) is 15.9. The van der Waals surface area contributed by atoms with E-state index in [0.29, 0.717) is 67.8 Å². The molecule has 3 heterocycles. The van der Waals surface area contributed by atoms with Crippen LogP contribution in [-0.4, -0.2) is 47.6 Å². The molecular formula is C36H40N4O6S. The smallest absolute Gasteiger partial charge is 0.355 e. The van der Waals surface area contributed by atoms with Gasteiger partial charge >= 0.3 is 5.97 Å². The number of hydrogen-bond acceptors (Lipinski definition) is 8. The maximum absolute atomic E-state index is 14.3. The van der Waals surface area contributed by atoms with Crippen molar-refractivity contribution in [2.45, 2.75) is 53.0 Å². The number of thiophene rings is 1. The zero-order valence-electron chi connectivity index (χ0n) is 26.9. The highest BCUT2D eigenvalue weighted by molar-refractivity contribution is 7.13. The van der Waals surface area contributed by atoms with Crippen LogP contribution in [0, 0.1) is 5.92 Å². The molecule has 5 N–H and O–H groups in total. The molecule has 0 aliphatic carbocycles. The number of nitrogens with two attached hydrogens (primary N) is 1. The molecule has 10 nitrogen and oxygen atoms in total. The number of benzene rings is 2. The Balaban J connectivity index is 1.63. The minimum atomic E-state index is -1.33. The minimum absolute atomic E-state index is 0.0286. The second-order valence-corrected chi connectivity index (χ2v) is 12.3. The molecule has 0 fully saturated rings. The van der Waals surface area contributed by atoms with Crippen molar-refractivity contribution in [3.8, 4) is 33.1 Å². The normalized spacial score (nSPS) is 12.0. The summed E-state index contributed by atoms with van der Waals surface area (Å²) in [7, 11) is 0. The fraction of sp³-hybridized carbons (Fsp3) is 0.333. The molecule has 2 aromatic heterocycles. The van der Waals surface area contributed by atoms with Gasteiger partial charge < -0.3 is 30.9 Å². The van der Waals surface area contributed by atoms with Crippen LogP contribution in [0.2, 0.25) is 0 Å². The predicted molar refractivity (Wildman–Crippen MR) is 184 cm³/mol. The Morgan fingerprint density at radius 3 is 2.55 bits per heavy atom. The van der Waals surface area contributed by atoms with Gasteiger partial charge in [-0.3, -0.25) is 9.59 Å². The topological polar surface area (TPSA) is 153 Å². The average molecular weight is 657 g/mol. The number of aromatic nitrogens is 1. The summed E-state index contributed by atoms with van der Waals surface area (Å²) in [5.74, 6) is -0.896. The van der Waals surface area contributed by atoms with Crippen LogP contribution in [0.25, 0.3) is 21.6 Å². The lowest BCUT2D eigenvalue weighted by atomic mass is 9.93. The van der Waals surface area contributed by atoms with Crippen LogP contribution >= 0.6 is 11.3 Å². The highest BCUT2D eigenvalue weighted by atomic mass is 32.1. The van der Waals surface area contributed by atoms with Crippen LogP contribution in [-0.2, 0) is 13.0 Å². The zero-order chi connectivity index (χ0) is 33.5. The van der Waals surface area contributed by atoms with Crippen molar-refractivity contribution in [3.05, 3.63) is 82.0 Å². The van der Waals surface area contributed by atoms with Crippen molar-refractivity contribution < 1.29 is 29.0 Å². The molecule has 0 saturated carbocycles. The largest absolute Gasteiger partial charge is 0.493 e. The molecule has 246 valence electrons. The number of anilines is 1. The lowest BCUT2D eigenvalue weighted by Crippen LogP contribution is -2.25. The first-order valence-corrected chi connectivity index (χ1v) is 16.8. The summed E-state index contributed by atoms with van der Waals surface area (Å²) < 4.78 is 12.4. The molecule has 5 rings (SSSR count).